The molecule has 1 aliphatic heterocycles. The fraction of sp³-hybridized carbons (Fsp3) is 0.182. The fourth-order valence-electron chi connectivity index (χ4n) is 3.27. The lowest BCUT2D eigenvalue weighted by Crippen LogP contribution is -2.29. The number of aliphatic hydroxyl groups excluding tert-OH is 1. The van der Waals surface area contributed by atoms with Crippen molar-refractivity contribution in [2.75, 3.05) is 25.5 Å². The number of halogens is 1. The second-order valence-corrected chi connectivity index (χ2v) is 7.17. The van der Waals surface area contributed by atoms with Gasteiger partial charge in [0.2, 0.25) is 0 Å². The zero-order valence-corrected chi connectivity index (χ0v) is 16.5. The number of hydrogen-bond acceptors (Lipinski definition) is 4. The fourth-order valence-corrected chi connectivity index (χ4v) is 3.40. The minimum Gasteiger partial charge on any atom is -0.507 e. The molecule has 1 amide bonds. The van der Waals surface area contributed by atoms with Crippen LogP contribution in [0.4, 0.5) is 5.69 Å². The van der Waals surface area contributed by atoms with E-state index in [1.54, 1.807) is 30.3 Å². The molecule has 0 radical (unpaired) electrons. The molecule has 2 aromatic carbocycles. The van der Waals surface area contributed by atoms with E-state index in [2.05, 4.69) is 6.58 Å². The van der Waals surface area contributed by atoms with Gasteiger partial charge in [-0.3, -0.25) is 9.59 Å². The molecular formula is C22H21ClN2O3. The van der Waals surface area contributed by atoms with Gasteiger partial charge in [0.1, 0.15) is 5.76 Å². The average molecular weight is 397 g/mol. The number of likely N-dealkylation sites (tertiary alicyclic amines) is 1. The molecule has 0 aliphatic carbocycles. The van der Waals surface area contributed by atoms with Crippen molar-refractivity contribution in [1.82, 2.24) is 4.90 Å². The molecule has 1 atom stereocenters. The summed E-state index contributed by atoms with van der Waals surface area (Å²) in [5, 5.41) is 11.4. The normalized spacial score (nSPS) is 18.4. The van der Waals surface area contributed by atoms with E-state index in [4.69, 9.17) is 11.6 Å². The van der Waals surface area contributed by atoms with Gasteiger partial charge in [-0.05, 0) is 42.0 Å². The minimum absolute atomic E-state index is 0.0618. The number of ketones is 1. The van der Waals surface area contributed by atoms with E-state index in [0.717, 1.165) is 11.3 Å². The first kappa shape index (κ1) is 19.7. The van der Waals surface area contributed by atoms with Gasteiger partial charge >= 0.3 is 0 Å². The van der Waals surface area contributed by atoms with Crippen molar-refractivity contribution in [3.8, 4) is 0 Å². The number of hydrogen-bond donors (Lipinski definition) is 1. The highest BCUT2D eigenvalue weighted by Crippen LogP contribution is 2.39. The van der Waals surface area contributed by atoms with Crippen LogP contribution in [0.1, 0.15) is 17.2 Å². The number of Topliss-reactive ketones (excluding diaryl/α,β-unsaturated/α-hetero) is 1. The molecule has 1 aliphatic rings. The van der Waals surface area contributed by atoms with Crippen LogP contribution in [0.15, 0.2) is 66.8 Å². The summed E-state index contributed by atoms with van der Waals surface area (Å²) in [5.41, 5.74) is 2.21. The number of benzene rings is 2. The van der Waals surface area contributed by atoms with Gasteiger partial charge in [-0.2, -0.15) is 0 Å². The summed E-state index contributed by atoms with van der Waals surface area (Å²) < 4.78 is 0. The summed E-state index contributed by atoms with van der Waals surface area (Å²) in [6, 6.07) is 13.3. The molecular weight excluding hydrogens is 376 g/mol. The number of aliphatic hydroxyl groups is 1. The molecule has 1 saturated heterocycles. The monoisotopic (exact) mass is 396 g/mol. The highest BCUT2D eigenvalue weighted by molar-refractivity contribution is 6.46. The predicted octanol–water partition coefficient (Wildman–Crippen LogP) is 4.01. The molecule has 0 bridgehead atoms. The first-order chi connectivity index (χ1) is 13.3. The first-order valence-electron chi connectivity index (χ1n) is 8.77. The third-order valence-electron chi connectivity index (χ3n) is 4.71. The number of rotatable bonds is 5. The first-order valence-corrected chi connectivity index (χ1v) is 9.15. The van der Waals surface area contributed by atoms with Crippen LogP contribution in [0, 0.1) is 0 Å². The number of carbonyl (C=O) groups excluding carboxylic acids is 2. The Morgan fingerprint density at radius 1 is 1.14 bits per heavy atom. The van der Waals surface area contributed by atoms with E-state index >= 15 is 0 Å². The van der Waals surface area contributed by atoms with Crippen LogP contribution in [0.5, 0.6) is 0 Å². The van der Waals surface area contributed by atoms with Crippen molar-refractivity contribution in [3.63, 3.8) is 0 Å². The van der Waals surface area contributed by atoms with Gasteiger partial charge in [-0.15, -0.1) is 6.58 Å². The average Bonchev–Trinajstić information content (AvgIpc) is 2.93. The van der Waals surface area contributed by atoms with Gasteiger partial charge in [-0.1, -0.05) is 29.8 Å². The van der Waals surface area contributed by atoms with E-state index in [1.165, 1.54) is 4.90 Å². The van der Waals surface area contributed by atoms with Gasteiger partial charge in [-0.25, -0.2) is 0 Å². The van der Waals surface area contributed by atoms with E-state index in [9.17, 15) is 14.7 Å². The van der Waals surface area contributed by atoms with Crippen LogP contribution in [0.25, 0.3) is 5.76 Å². The molecule has 5 nitrogen and oxygen atoms in total. The number of amides is 1. The zero-order valence-electron chi connectivity index (χ0n) is 15.7. The molecule has 0 spiro atoms. The van der Waals surface area contributed by atoms with Gasteiger partial charge in [0, 0.05) is 36.9 Å². The van der Waals surface area contributed by atoms with Gasteiger partial charge < -0.3 is 14.9 Å². The Hall–Kier alpha value is -3.05. The highest BCUT2D eigenvalue weighted by atomic mass is 35.5. The molecule has 0 saturated carbocycles. The SMILES string of the molecule is C=CCN1C(=O)C(=O)/C(=C(/O)c2ccc(Cl)cc2)C1c1ccc(N(C)C)cc1. The number of nitrogens with zero attached hydrogens (tertiary/aromatic N) is 2. The van der Waals surface area contributed by atoms with Crippen LogP contribution in [-0.4, -0.2) is 42.3 Å². The number of anilines is 1. The third kappa shape index (κ3) is 3.53. The van der Waals surface area contributed by atoms with Crippen molar-refractivity contribution in [3.05, 3.63) is 82.9 Å². The summed E-state index contributed by atoms with van der Waals surface area (Å²) in [4.78, 5) is 28.7. The molecule has 0 aromatic heterocycles. The third-order valence-corrected chi connectivity index (χ3v) is 4.96. The van der Waals surface area contributed by atoms with E-state index in [-0.39, 0.29) is 17.9 Å². The Morgan fingerprint density at radius 3 is 2.29 bits per heavy atom. The van der Waals surface area contributed by atoms with Gasteiger partial charge in [0.05, 0.1) is 11.6 Å². The Kier molecular flexibility index (Phi) is 5.56. The van der Waals surface area contributed by atoms with E-state index < -0.39 is 17.7 Å². The van der Waals surface area contributed by atoms with Gasteiger partial charge in [0.15, 0.2) is 0 Å². The van der Waals surface area contributed by atoms with Gasteiger partial charge in [0.25, 0.3) is 11.7 Å². The lowest BCUT2D eigenvalue weighted by Gasteiger charge is -2.24. The summed E-state index contributed by atoms with van der Waals surface area (Å²) in [5.74, 6) is -1.59. The van der Waals surface area contributed by atoms with Crippen LogP contribution >= 0.6 is 11.6 Å². The van der Waals surface area contributed by atoms with Crippen molar-refractivity contribution >= 4 is 34.7 Å². The Labute approximate surface area is 169 Å². The van der Waals surface area contributed by atoms with Crippen LogP contribution in [-0.2, 0) is 9.59 Å². The second-order valence-electron chi connectivity index (χ2n) is 6.73. The van der Waals surface area contributed by atoms with Crippen LogP contribution in [0.2, 0.25) is 5.02 Å². The van der Waals surface area contributed by atoms with Crippen molar-refractivity contribution in [2.24, 2.45) is 0 Å². The predicted molar refractivity (Wildman–Crippen MR) is 111 cm³/mol. The molecule has 6 heteroatoms. The Balaban J connectivity index is 2.15. The van der Waals surface area contributed by atoms with Crippen LogP contribution < -0.4 is 4.90 Å². The molecule has 28 heavy (non-hydrogen) atoms. The van der Waals surface area contributed by atoms with Crippen molar-refractivity contribution in [2.45, 2.75) is 6.04 Å². The maximum absolute atomic E-state index is 12.8. The molecule has 3 rings (SSSR count). The zero-order chi connectivity index (χ0) is 20.4. The Morgan fingerprint density at radius 2 is 1.75 bits per heavy atom. The summed E-state index contributed by atoms with van der Waals surface area (Å²) >= 11 is 5.92. The quantitative estimate of drug-likeness (QED) is 0.359. The molecule has 1 N–H and O–H groups in total. The highest BCUT2D eigenvalue weighted by Gasteiger charge is 2.45. The van der Waals surface area contributed by atoms with Crippen molar-refractivity contribution < 1.29 is 14.7 Å². The molecule has 2 aromatic rings. The summed E-state index contributed by atoms with van der Waals surface area (Å²) in [7, 11) is 3.86. The maximum atomic E-state index is 12.8. The van der Waals surface area contributed by atoms with Crippen molar-refractivity contribution in [1.29, 1.82) is 0 Å². The topological polar surface area (TPSA) is 60.9 Å². The second kappa shape index (κ2) is 7.90. The van der Waals surface area contributed by atoms with E-state index in [0.29, 0.717) is 10.6 Å². The minimum atomic E-state index is -0.712. The molecule has 1 fully saturated rings. The van der Waals surface area contributed by atoms with Crippen LogP contribution in [0.3, 0.4) is 0 Å². The lowest BCUT2D eigenvalue weighted by atomic mass is 9.95. The molecule has 144 valence electrons. The summed E-state index contributed by atoms with van der Waals surface area (Å²) in [6.07, 6.45) is 1.56. The largest absolute Gasteiger partial charge is 0.507 e. The lowest BCUT2D eigenvalue weighted by molar-refractivity contribution is -0.139. The number of carbonyl (C=O) groups is 2. The Bertz CT molecular complexity index is 947. The molecule has 1 heterocycles. The smallest absolute Gasteiger partial charge is 0.295 e. The summed E-state index contributed by atoms with van der Waals surface area (Å²) in [6.45, 7) is 3.88. The maximum Gasteiger partial charge on any atom is 0.295 e. The standard InChI is InChI=1S/C22H21ClN2O3/c1-4-13-25-19(14-7-11-17(12-8-14)24(2)3)18(21(27)22(25)28)20(26)15-5-9-16(23)10-6-15/h4-12,19,26H,1,13H2,2-3H3/b20-18+. The molecule has 1 unspecified atom stereocenters. The van der Waals surface area contributed by atoms with E-state index in [1.807, 2.05) is 43.3 Å².